The van der Waals surface area contributed by atoms with Crippen molar-refractivity contribution in [3.8, 4) is 0 Å². The van der Waals surface area contributed by atoms with Crippen molar-refractivity contribution >= 4 is 63.0 Å². The summed E-state index contributed by atoms with van der Waals surface area (Å²) in [6.45, 7) is 3.55. The fourth-order valence-corrected chi connectivity index (χ4v) is 5.64. The maximum absolute atomic E-state index is 12.5. The van der Waals surface area contributed by atoms with Gasteiger partial charge < -0.3 is 19.3 Å². The molecule has 11 heteroatoms. The van der Waals surface area contributed by atoms with Gasteiger partial charge in [-0.3, -0.25) is 9.89 Å². The number of rotatable bonds is 4. The zero-order chi connectivity index (χ0) is 23.8. The summed E-state index contributed by atoms with van der Waals surface area (Å²) in [5.41, 5.74) is 2.75. The molecule has 5 heterocycles. The molecular formula is C24H24N6O3S2. The average molecular weight is 509 g/mol. The molecule has 0 spiro atoms. The van der Waals surface area contributed by atoms with E-state index in [-0.39, 0.29) is 17.4 Å². The normalized spacial score (nSPS) is 21.4. The number of amides is 1. The van der Waals surface area contributed by atoms with Gasteiger partial charge in [0.05, 0.1) is 54.4 Å². The van der Waals surface area contributed by atoms with Crippen molar-refractivity contribution in [1.29, 1.82) is 0 Å². The summed E-state index contributed by atoms with van der Waals surface area (Å²) >= 11 is 5.88. The highest BCUT2D eigenvalue weighted by molar-refractivity contribution is 7.80. The molecule has 1 N–H and O–H groups in total. The number of carbonyl (C=O) groups excluding carboxylic acids is 1. The highest BCUT2D eigenvalue weighted by atomic mass is 32.1. The average Bonchev–Trinajstić information content (AvgIpc) is 3.53. The highest BCUT2D eigenvalue weighted by Gasteiger charge is 2.26. The quantitative estimate of drug-likeness (QED) is 0.323. The van der Waals surface area contributed by atoms with Crippen LogP contribution in [0.4, 0.5) is 5.95 Å². The number of nitrogens with one attached hydrogen (secondary N) is 1. The summed E-state index contributed by atoms with van der Waals surface area (Å²) < 4.78 is 12.5. The standard InChI is InChI=1S/C24H24N6O3S2/c31-22(29-6-9-33-23(34)14-29)5-4-15-10-19-21(35-15)12-25-24(27-19)30-7-8-32-20(13-30)16-2-1-3-18-17(16)11-26-28-18/h1-5,10-12,20,23,34H,6-9,13-14H2,(H,26,28)/b5-4+. The lowest BCUT2D eigenvalue weighted by Crippen LogP contribution is -2.43. The monoisotopic (exact) mass is 508 g/mol. The van der Waals surface area contributed by atoms with E-state index < -0.39 is 0 Å². The minimum Gasteiger partial charge on any atom is -0.370 e. The van der Waals surface area contributed by atoms with Crippen LogP contribution in [-0.4, -0.2) is 75.8 Å². The molecule has 0 bridgehead atoms. The van der Waals surface area contributed by atoms with E-state index >= 15 is 0 Å². The number of morpholine rings is 2. The van der Waals surface area contributed by atoms with Gasteiger partial charge in [0, 0.05) is 29.4 Å². The van der Waals surface area contributed by atoms with Crippen LogP contribution in [-0.2, 0) is 14.3 Å². The number of aromatic amines is 1. The third kappa shape index (κ3) is 4.64. The third-order valence-corrected chi connectivity index (χ3v) is 7.58. The number of thiol groups is 1. The fourth-order valence-electron chi connectivity index (χ4n) is 4.46. The van der Waals surface area contributed by atoms with E-state index in [4.69, 9.17) is 14.5 Å². The predicted octanol–water partition coefficient (Wildman–Crippen LogP) is 3.27. The molecule has 35 heavy (non-hydrogen) atoms. The molecule has 6 rings (SSSR count). The predicted molar refractivity (Wildman–Crippen MR) is 139 cm³/mol. The first-order valence-electron chi connectivity index (χ1n) is 11.5. The van der Waals surface area contributed by atoms with Gasteiger partial charge in [0.2, 0.25) is 11.9 Å². The summed E-state index contributed by atoms with van der Waals surface area (Å²) in [6.07, 6.45) is 7.06. The third-order valence-electron chi connectivity index (χ3n) is 6.24. The highest BCUT2D eigenvalue weighted by Crippen LogP contribution is 2.31. The van der Waals surface area contributed by atoms with E-state index in [1.54, 1.807) is 22.3 Å². The molecule has 9 nitrogen and oxygen atoms in total. The molecule has 0 aliphatic carbocycles. The molecule has 2 saturated heterocycles. The zero-order valence-corrected chi connectivity index (χ0v) is 20.5. The number of hydrogen-bond acceptors (Lipinski definition) is 9. The number of aromatic nitrogens is 4. The van der Waals surface area contributed by atoms with Crippen LogP contribution in [0.3, 0.4) is 0 Å². The molecule has 0 radical (unpaired) electrons. The van der Waals surface area contributed by atoms with E-state index in [1.807, 2.05) is 36.7 Å². The topological polar surface area (TPSA) is 96.5 Å². The van der Waals surface area contributed by atoms with E-state index in [1.165, 1.54) is 0 Å². The number of ether oxygens (including phenoxy) is 2. The Hall–Kier alpha value is -2.99. The molecule has 2 aliphatic rings. The lowest BCUT2D eigenvalue weighted by atomic mass is 10.0. The van der Waals surface area contributed by atoms with Crippen molar-refractivity contribution < 1.29 is 14.3 Å². The molecule has 2 aliphatic heterocycles. The van der Waals surface area contributed by atoms with Crippen LogP contribution in [0.2, 0.25) is 0 Å². The van der Waals surface area contributed by atoms with Gasteiger partial charge in [-0.25, -0.2) is 9.97 Å². The van der Waals surface area contributed by atoms with Crippen molar-refractivity contribution in [1.82, 2.24) is 25.1 Å². The molecule has 2 unspecified atom stereocenters. The van der Waals surface area contributed by atoms with Gasteiger partial charge in [-0.15, -0.1) is 24.0 Å². The summed E-state index contributed by atoms with van der Waals surface area (Å²) in [4.78, 5) is 26.8. The van der Waals surface area contributed by atoms with Crippen LogP contribution in [0.1, 0.15) is 16.5 Å². The van der Waals surface area contributed by atoms with Crippen molar-refractivity contribution in [2.24, 2.45) is 0 Å². The van der Waals surface area contributed by atoms with Crippen LogP contribution >= 0.6 is 24.0 Å². The second-order valence-corrected chi connectivity index (χ2v) is 10.2. The van der Waals surface area contributed by atoms with E-state index in [0.29, 0.717) is 38.8 Å². The maximum Gasteiger partial charge on any atom is 0.246 e. The van der Waals surface area contributed by atoms with Crippen molar-refractivity contribution in [3.05, 3.63) is 53.2 Å². The van der Waals surface area contributed by atoms with E-state index in [0.717, 1.165) is 38.1 Å². The van der Waals surface area contributed by atoms with Crippen LogP contribution in [0.15, 0.2) is 42.7 Å². The van der Waals surface area contributed by atoms with Crippen LogP contribution in [0.25, 0.3) is 27.2 Å². The molecule has 0 saturated carbocycles. The number of thiophene rings is 1. The summed E-state index contributed by atoms with van der Waals surface area (Å²) in [7, 11) is 0. The Labute approximate surface area is 211 Å². The largest absolute Gasteiger partial charge is 0.370 e. The Morgan fingerprint density at radius 1 is 1.20 bits per heavy atom. The lowest BCUT2D eigenvalue weighted by Gasteiger charge is -2.33. The second kappa shape index (κ2) is 9.57. The Balaban J connectivity index is 1.18. The van der Waals surface area contributed by atoms with Crippen molar-refractivity contribution in [2.45, 2.75) is 11.5 Å². The van der Waals surface area contributed by atoms with Gasteiger partial charge in [-0.1, -0.05) is 12.1 Å². The number of benzene rings is 1. The molecular weight excluding hydrogens is 484 g/mol. The first-order valence-corrected chi connectivity index (χ1v) is 12.8. The second-order valence-electron chi connectivity index (χ2n) is 8.50. The van der Waals surface area contributed by atoms with Gasteiger partial charge in [0.1, 0.15) is 11.5 Å². The fraction of sp³-hybridized carbons (Fsp3) is 0.333. The smallest absolute Gasteiger partial charge is 0.246 e. The van der Waals surface area contributed by atoms with Gasteiger partial charge in [-0.05, 0) is 23.8 Å². The Morgan fingerprint density at radius 3 is 3.03 bits per heavy atom. The lowest BCUT2D eigenvalue weighted by molar-refractivity contribution is -0.130. The van der Waals surface area contributed by atoms with Gasteiger partial charge in [0.25, 0.3) is 0 Å². The van der Waals surface area contributed by atoms with E-state index in [2.05, 4.69) is 38.8 Å². The van der Waals surface area contributed by atoms with Crippen molar-refractivity contribution in [2.75, 3.05) is 44.3 Å². The molecule has 2 atom stereocenters. The molecule has 2 fully saturated rings. The Kier molecular flexibility index (Phi) is 6.15. The number of carbonyl (C=O) groups is 1. The SMILES string of the molecule is O=C(/C=C/c1cc2nc(N3CCOC(c4cccc5[nH]ncc45)C3)ncc2s1)N1CCOC(S)C1. The number of nitrogens with zero attached hydrogens (tertiary/aromatic N) is 5. The van der Waals surface area contributed by atoms with Crippen molar-refractivity contribution in [3.63, 3.8) is 0 Å². The summed E-state index contributed by atoms with van der Waals surface area (Å²) in [5.74, 6) is 0.645. The first-order chi connectivity index (χ1) is 17.1. The van der Waals surface area contributed by atoms with Gasteiger partial charge >= 0.3 is 0 Å². The molecule has 180 valence electrons. The van der Waals surface area contributed by atoms with Gasteiger partial charge in [0.15, 0.2) is 0 Å². The Morgan fingerprint density at radius 2 is 2.11 bits per heavy atom. The minimum atomic E-state index is -0.230. The maximum atomic E-state index is 12.5. The van der Waals surface area contributed by atoms with E-state index in [9.17, 15) is 4.79 Å². The number of fused-ring (bicyclic) bond motifs is 2. The molecule has 3 aromatic heterocycles. The zero-order valence-electron chi connectivity index (χ0n) is 18.8. The van der Waals surface area contributed by atoms with Crippen LogP contribution in [0, 0.1) is 0 Å². The molecule has 1 aromatic carbocycles. The molecule has 4 aromatic rings. The number of H-pyrrole nitrogens is 1. The number of anilines is 1. The summed E-state index contributed by atoms with van der Waals surface area (Å²) in [5, 5.41) is 8.26. The number of hydrogen-bond donors (Lipinski definition) is 2. The minimum absolute atomic E-state index is 0.0384. The first kappa shape index (κ1) is 22.5. The molecule has 1 amide bonds. The van der Waals surface area contributed by atoms with Crippen LogP contribution < -0.4 is 4.90 Å². The Bertz CT molecular complexity index is 1400. The van der Waals surface area contributed by atoms with Gasteiger partial charge in [-0.2, -0.15) is 5.10 Å². The summed E-state index contributed by atoms with van der Waals surface area (Å²) in [6, 6.07) is 8.11. The van der Waals surface area contributed by atoms with Crippen LogP contribution in [0.5, 0.6) is 0 Å².